The highest BCUT2D eigenvalue weighted by Gasteiger charge is 2.15. The molecule has 0 aromatic carbocycles. The Labute approximate surface area is 124 Å². The van der Waals surface area contributed by atoms with Crippen LogP contribution in [0.3, 0.4) is 0 Å². The molecular formula is C15H22N4O2. The van der Waals surface area contributed by atoms with Gasteiger partial charge in [-0.05, 0) is 12.8 Å². The fraction of sp³-hybridized carbons (Fsp3) is 0.600. The minimum absolute atomic E-state index is 0.0219. The van der Waals surface area contributed by atoms with Gasteiger partial charge in [-0.1, -0.05) is 32.1 Å². The van der Waals surface area contributed by atoms with E-state index in [1.54, 1.807) is 0 Å². The summed E-state index contributed by atoms with van der Waals surface area (Å²) >= 11 is 0. The minimum atomic E-state index is -0.379. The topological polar surface area (TPSA) is 84.0 Å². The third-order valence-corrected chi connectivity index (χ3v) is 3.68. The van der Waals surface area contributed by atoms with Crippen LogP contribution in [0.15, 0.2) is 18.6 Å². The molecule has 6 heteroatoms. The summed E-state index contributed by atoms with van der Waals surface area (Å²) in [6.07, 6.45) is 12.5. The van der Waals surface area contributed by atoms with Gasteiger partial charge in [0.1, 0.15) is 5.69 Å². The van der Waals surface area contributed by atoms with E-state index in [4.69, 9.17) is 0 Å². The molecule has 1 fully saturated rings. The summed E-state index contributed by atoms with van der Waals surface area (Å²) in [5, 5.41) is 5.57. The number of amides is 2. The maximum absolute atomic E-state index is 11.9. The number of hydrogen-bond donors (Lipinski definition) is 2. The molecule has 0 aliphatic heterocycles. The smallest absolute Gasteiger partial charge is 0.271 e. The van der Waals surface area contributed by atoms with Gasteiger partial charge in [0.15, 0.2) is 0 Å². The molecular weight excluding hydrogens is 268 g/mol. The molecule has 2 rings (SSSR count). The van der Waals surface area contributed by atoms with E-state index in [1.165, 1.54) is 37.9 Å². The SMILES string of the molecule is O=C(CNC(=O)c1cnccn1)NC1CCCCCCC1. The van der Waals surface area contributed by atoms with Gasteiger partial charge >= 0.3 is 0 Å². The number of carbonyl (C=O) groups excluding carboxylic acids is 2. The van der Waals surface area contributed by atoms with Crippen molar-refractivity contribution in [2.24, 2.45) is 0 Å². The van der Waals surface area contributed by atoms with E-state index in [2.05, 4.69) is 20.6 Å². The van der Waals surface area contributed by atoms with Crippen LogP contribution in [-0.2, 0) is 4.79 Å². The van der Waals surface area contributed by atoms with Crippen LogP contribution >= 0.6 is 0 Å². The van der Waals surface area contributed by atoms with Crippen molar-refractivity contribution in [3.05, 3.63) is 24.3 Å². The van der Waals surface area contributed by atoms with Gasteiger partial charge in [0, 0.05) is 18.4 Å². The summed E-state index contributed by atoms with van der Waals surface area (Å²) in [6, 6.07) is 0.242. The maximum atomic E-state index is 11.9. The van der Waals surface area contributed by atoms with E-state index in [-0.39, 0.29) is 30.1 Å². The lowest BCUT2D eigenvalue weighted by Gasteiger charge is -2.21. The molecule has 2 amide bonds. The van der Waals surface area contributed by atoms with Gasteiger partial charge in [0.2, 0.25) is 5.91 Å². The first-order chi connectivity index (χ1) is 10.3. The first-order valence-electron chi connectivity index (χ1n) is 7.59. The first kappa shape index (κ1) is 15.4. The zero-order valence-electron chi connectivity index (χ0n) is 12.2. The zero-order chi connectivity index (χ0) is 14.9. The van der Waals surface area contributed by atoms with Crippen molar-refractivity contribution in [1.29, 1.82) is 0 Å². The van der Waals surface area contributed by atoms with Crippen LogP contribution in [0.4, 0.5) is 0 Å². The van der Waals surface area contributed by atoms with Crippen molar-refractivity contribution in [3.8, 4) is 0 Å². The molecule has 1 aromatic heterocycles. The van der Waals surface area contributed by atoms with Gasteiger partial charge in [0.25, 0.3) is 5.91 Å². The van der Waals surface area contributed by atoms with Crippen molar-refractivity contribution in [1.82, 2.24) is 20.6 Å². The van der Waals surface area contributed by atoms with Gasteiger partial charge in [0.05, 0.1) is 12.7 Å². The van der Waals surface area contributed by atoms with Crippen LogP contribution in [-0.4, -0.2) is 34.4 Å². The standard InChI is InChI=1S/C15H22N4O2/c20-14(19-12-6-4-2-1-3-5-7-12)11-18-15(21)13-10-16-8-9-17-13/h8-10,12H,1-7,11H2,(H,18,21)(H,19,20). The Hall–Kier alpha value is -1.98. The Balaban J connectivity index is 1.72. The van der Waals surface area contributed by atoms with Crippen molar-refractivity contribution in [2.75, 3.05) is 6.54 Å². The number of carbonyl (C=O) groups is 2. The maximum Gasteiger partial charge on any atom is 0.271 e. The van der Waals surface area contributed by atoms with Crippen LogP contribution in [0, 0.1) is 0 Å². The van der Waals surface area contributed by atoms with Gasteiger partial charge in [-0.15, -0.1) is 0 Å². The highest BCUT2D eigenvalue weighted by molar-refractivity contribution is 5.94. The van der Waals surface area contributed by atoms with E-state index in [9.17, 15) is 9.59 Å². The molecule has 0 bridgehead atoms. The lowest BCUT2D eigenvalue weighted by atomic mass is 9.97. The number of nitrogens with one attached hydrogen (secondary N) is 2. The molecule has 114 valence electrons. The van der Waals surface area contributed by atoms with Gasteiger partial charge in [-0.3, -0.25) is 14.6 Å². The predicted molar refractivity (Wildman–Crippen MR) is 78.6 cm³/mol. The lowest BCUT2D eigenvalue weighted by molar-refractivity contribution is -0.120. The summed E-state index contributed by atoms with van der Waals surface area (Å²) in [6.45, 7) is -0.0219. The molecule has 1 aliphatic carbocycles. The van der Waals surface area contributed by atoms with E-state index >= 15 is 0 Å². The summed E-state index contributed by atoms with van der Waals surface area (Å²) in [7, 11) is 0. The predicted octanol–water partition coefficient (Wildman–Crippen LogP) is 1.44. The van der Waals surface area contributed by atoms with E-state index < -0.39 is 0 Å². The highest BCUT2D eigenvalue weighted by atomic mass is 16.2. The van der Waals surface area contributed by atoms with Crippen LogP contribution in [0.5, 0.6) is 0 Å². The Morgan fingerprint density at radius 1 is 1.10 bits per heavy atom. The quantitative estimate of drug-likeness (QED) is 0.878. The summed E-state index contributed by atoms with van der Waals surface area (Å²) in [5.41, 5.74) is 0.219. The van der Waals surface area contributed by atoms with Crippen LogP contribution < -0.4 is 10.6 Å². The van der Waals surface area contributed by atoms with E-state index in [0.717, 1.165) is 25.7 Å². The third kappa shape index (κ3) is 5.49. The van der Waals surface area contributed by atoms with Gasteiger partial charge in [-0.2, -0.15) is 0 Å². The largest absolute Gasteiger partial charge is 0.352 e. The second-order valence-electron chi connectivity index (χ2n) is 5.38. The van der Waals surface area contributed by atoms with Crippen LogP contribution in [0.2, 0.25) is 0 Å². The van der Waals surface area contributed by atoms with Gasteiger partial charge < -0.3 is 10.6 Å². The Bertz CT molecular complexity index is 456. The summed E-state index contributed by atoms with van der Waals surface area (Å²) < 4.78 is 0. The fourth-order valence-corrected chi connectivity index (χ4v) is 2.55. The second kappa shape index (κ2) is 8.34. The first-order valence-corrected chi connectivity index (χ1v) is 7.59. The second-order valence-corrected chi connectivity index (χ2v) is 5.38. The lowest BCUT2D eigenvalue weighted by Crippen LogP contribution is -2.42. The monoisotopic (exact) mass is 290 g/mol. The number of hydrogen-bond acceptors (Lipinski definition) is 4. The van der Waals surface area contributed by atoms with E-state index in [0.29, 0.717) is 0 Å². The average molecular weight is 290 g/mol. The molecule has 0 atom stereocenters. The van der Waals surface area contributed by atoms with E-state index in [1.807, 2.05) is 0 Å². The molecule has 1 saturated carbocycles. The van der Waals surface area contributed by atoms with Crippen molar-refractivity contribution in [3.63, 3.8) is 0 Å². The summed E-state index contributed by atoms with van der Waals surface area (Å²) in [5.74, 6) is -0.520. The average Bonchev–Trinajstić information content (AvgIpc) is 2.48. The molecule has 21 heavy (non-hydrogen) atoms. The molecule has 2 N–H and O–H groups in total. The van der Waals surface area contributed by atoms with Crippen molar-refractivity contribution >= 4 is 11.8 Å². The Kier molecular flexibility index (Phi) is 6.12. The summed E-state index contributed by atoms with van der Waals surface area (Å²) in [4.78, 5) is 31.3. The highest BCUT2D eigenvalue weighted by Crippen LogP contribution is 2.16. The Morgan fingerprint density at radius 3 is 2.48 bits per heavy atom. The molecule has 0 saturated heterocycles. The van der Waals surface area contributed by atoms with Crippen LogP contribution in [0.25, 0.3) is 0 Å². The number of nitrogens with zero attached hydrogens (tertiary/aromatic N) is 2. The van der Waals surface area contributed by atoms with Crippen molar-refractivity contribution < 1.29 is 9.59 Å². The molecule has 1 aliphatic rings. The minimum Gasteiger partial charge on any atom is -0.352 e. The Morgan fingerprint density at radius 2 is 1.81 bits per heavy atom. The fourth-order valence-electron chi connectivity index (χ4n) is 2.55. The zero-order valence-corrected chi connectivity index (χ0v) is 12.2. The molecule has 0 spiro atoms. The molecule has 0 radical (unpaired) electrons. The molecule has 0 unspecified atom stereocenters. The number of rotatable bonds is 4. The third-order valence-electron chi connectivity index (χ3n) is 3.68. The van der Waals surface area contributed by atoms with Gasteiger partial charge in [-0.25, -0.2) is 4.98 Å². The van der Waals surface area contributed by atoms with Crippen molar-refractivity contribution in [2.45, 2.75) is 51.0 Å². The van der Waals surface area contributed by atoms with Crippen LogP contribution in [0.1, 0.15) is 55.4 Å². The molecule has 1 aromatic rings. The number of aromatic nitrogens is 2. The normalized spacial score (nSPS) is 16.6. The molecule has 1 heterocycles. The molecule has 6 nitrogen and oxygen atoms in total.